The Labute approximate surface area is 620 Å². The fourth-order valence-electron chi connectivity index (χ4n) is 15.4. The van der Waals surface area contributed by atoms with Crippen molar-refractivity contribution in [2.24, 2.45) is 0 Å². The van der Waals surface area contributed by atoms with Crippen LogP contribution in [0, 0.1) is 0 Å². The van der Waals surface area contributed by atoms with Crippen LogP contribution < -0.4 is 0 Å². The third-order valence-electron chi connectivity index (χ3n) is 20.4. The van der Waals surface area contributed by atoms with Gasteiger partial charge < -0.3 is 0 Å². The lowest BCUT2D eigenvalue weighted by atomic mass is 9.95. The first-order valence-corrected chi connectivity index (χ1v) is 37.4. The van der Waals surface area contributed by atoms with E-state index >= 15 is 0 Å². The Morgan fingerprint density at radius 1 is 0.208 bits per heavy atom. The second-order valence-corrected chi connectivity index (χ2v) is 28.9. The van der Waals surface area contributed by atoms with Crippen LogP contribution in [0.3, 0.4) is 0 Å². The van der Waals surface area contributed by atoms with Crippen LogP contribution in [-0.4, -0.2) is 29.1 Å². The minimum Gasteiger partial charge on any atom is -0.294 e. The summed E-state index contributed by atoms with van der Waals surface area (Å²) in [5, 5.41) is 9.95. The zero-order valence-corrected chi connectivity index (χ0v) is 58.9. The molecule has 0 saturated carbocycles. The molecule has 0 fully saturated rings. The van der Waals surface area contributed by atoms with Gasteiger partial charge in [-0.05, 0) is 122 Å². The summed E-state index contributed by atoms with van der Waals surface area (Å²) in [6.07, 6.45) is 0. The number of thiophene rings is 2. The molecule has 0 unspecified atom stereocenters. The molecule has 0 radical (unpaired) electrons. The second kappa shape index (κ2) is 26.4. The van der Waals surface area contributed by atoms with Crippen LogP contribution in [0.2, 0.25) is 0 Å². The van der Waals surface area contributed by atoms with E-state index in [0.29, 0.717) is 11.8 Å². The van der Waals surface area contributed by atoms with E-state index in [9.17, 15) is 0 Å². The van der Waals surface area contributed by atoms with Crippen molar-refractivity contribution in [1.82, 2.24) is 29.1 Å². The van der Waals surface area contributed by atoms with Gasteiger partial charge in [0.2, 0.25) is 5.95 Å². The average Bonchev–Trinajstić information content (AvgIpc) is 1.55. The molecule has 6 aromatic heterocycles. The van der Waals surface area contributed by atoms with E-state index in [0.717, 1.165) is 67.2 Å². The topological polar surface area (TPSA) is 61.4 Å². The quantitative estimate of drug-likeness (QED) is 0.129. The SMILES string of the molecule is c1ccc(-c2ccc3sc4c(c(-c5ccccc5)cc5c4c4cc(-c6ccccc6)ccc4n5-c4cc(-c5ccccc5)nc(-c5ccccc5)n4)c3c2)cc1.c1ccc(-c2ccc3sc4c(ccc5c4c4cc(-c6ccccc6)ccc4n5-c4nc(-c5ccccc5)cc(-c5ccccc5)n4)c3c2)cc1. The van der Waals surface area contributed by atoms with Gasteiger partial charge in [0.25, 0.3) is 0 Å². The van der Waals surface area contributed by atoms with E-state index in [4.69, 9.17) is 19.9 Å². The molecule has 0 atom stereocenters. The molecule has 0 spiro atoms. The van der Waals surface area contributed by atoms with Crippen molar-refractivity contribution in [2.45, 2.75) is 0 Å². The van der Waals surface area contributed by atoms with E-state index in [-0.39, 0.29) is 0 Å². The molecule has 15 aromatic carbocycles. The Balaban J connectivity index is 0.000000141. The standard InChI is InChI=1S/C52H33N3S.C46H29N3S/c1-6-16-34(17-7-1)39-26-28-45-42(30-39)50-46(55(45)48-33-44(37-22-12-4-13-23-37)53-52(54-48)38-24-14-5-15-25-38)32-41(36-20-10-3-11-21-36)49-43-31-40(35-18-8-2-9-19-35)27-29-47(43)56-51(49)50;1-5-13-30(14-6-1)34-21-24-41-38(28-34)44-42(25-23-36-37-27-35(31-15-7-2-8-16-31)22-26-43(37)50-45(36)44)49(41)46-47-39(32-17-9-3-10-18-32)29-40(48-46)33-19-11-4-12-20-33/h1-33H;1-29H. The molecule has 6 nitrogen and oxygen atoms in total. The van der Waals surface area contributed by atoms with E-state index in [1.807, 2.05) is 59.1 Å². The van der Waals surface area contributed by atoms with Gasteiger partial charge in [-0.15, -0.1) is 22.7 Å². The summed E-state index contributed by atoms with van der Waals surface area (Å²) in [5.74, 6) is 2.18. The van der Waals surface area contributed by atoms with Gasteiger partial charge >= 0.3 is 0 Å². The summed E-state index contributed by atoms with van der Waals surface area (Å²) in [5.41, 5.74) is 23.2. The van der Waals surface area contributed by atoms with Gasteiger partial charge in [0.1, 0.15) is 5.82 Å². The molecule has 0 amide bonds. The lowest BCUT2D eigenvalue weighted by Crippen LogP contribution is -2.04. The maximum absolute atomic E-state index is 5.38. The molecule has 21 aromatic rings. The molecule has 6 heterocycles. The van der Waals surface area contributed by atoms with E-state index in [1.54, 1.807) is 0 Å². The van der Waals surface area contributed by atoms with Crippen LogP contribution in [0.4, 0.5) is 0 Å². The number of hydrogen-bond donors (Lipinski definition) is 0. The summed E-state index contributed by atoms with van der Waals surface area (Å²) in [4.78, 5) is 21.1. The highest BCUT2D eigenvalue weighted by atomic mass is 32.1. The predicted octanol–water partition coefficient (Wildman–Crippen LogP) is 26.9. The van der Waals surface area contributed by atoms with Crippen LogP contribution in [0.5, 0.6) is 0 Å². The Morgan fingerprint density at radius 2 is 0.575 bits per heavy atom. The molecule has 0 aliphatic heterocycles. The van der Waals surface area contributed by atoms with Crippen molar-refractivity contribution >= 4 is 107 Å². The van der Waals surface area contributed by atoms with Crippen molar-refractivity contribution in [2.75, 3.05) is 0 Å². The predicted molar refractivity (Wildman–Crippen MR) is 447 cm³/mol. The number of aromatic nitrogens is 6. The fourth-order valence-corrected chi connectivity index (χ4v) is 17.9. The van der Waals surface area contributed by atoms with E-state index < -0.39 is 0 Å². The molecule has 0 aliphatic carbocycles. The maximum atomic E-state index is 5.38. The lowest BCUT2D eigenvalue weighted by Gasteiger charge is -2.13. The largest absolute Gasteiger partial charge is 0.294 e. The summed E-state index contributed by atoms with van der Waals surface area (Å²) in [7, 11) is 0. The summed E-state index contributed by atoms with van der Waals surface area (Å²) in [6.45, 7) is 0. The smallest absolute Gasteiger partial charge is 0.235 e. The van der Waals surface area contributed by atoms with E-state index in [1.165, 1.54) is 118 Å². The Bertz CT molecular complexity index is 6770. The van der Waals surface area contributed by atoms with Crippen LogP contribution in [0.25, 0.3) is 197 Å². The number of hydrogen-bond acceptors (Lipinski definition) is 6. The highest BCUT2D eigenvalue weighted by Gasteiger charge is 2.26. The first-order chi connectivity index (χ1) is 52.5. The minimum atomic E-state index is 0.657. The third-order valence-corrected chi connectivity index (χ3v) is 22.8. The highest BCUT2D eigenvalue weighted by Crippen LogP contribution is 2.50. The molecule has 0 aliphatic rings. The molecule has 496 valence electrons. The molecule has 106 heavy (non-hydrogen) atoms. The molecule has 8 heteroatoms. The minimum absolute atomic E-state index is 0.657. The zero-order chi connectivity index (χ0) is 70.0. The monoisotopic (exact) mass is 1390 g/mol. The van der Waals surface area contributed by atoms with Crippen molar-refractivity contribution < 1.29 is 0 Å². The summed E-state index contributed by atoms with van der Waals surface area (Å²) < 4.78 is 9.73. The van der Waals surface area contributed by atoms with Crippen LogP contribution >= 0.6 is 22.7 Å². The third kappa shape index (κ3) is 11.1. The normalized spacial score (nSPS) is 11.6. The maximum Gasteiger partial charge on any atom is 0.235 e. The Morgan fingerprint density at radius 3 is 1.06 bits per heavy atom. The molecule has 0 saturated heterocycles. The molecular formula is C98H62N6S2. The summed E-state index contributed by atoms with van der Waals surface area (Å²) >= 11 is 3.75. The molecule has 0 bridgehead atoms. The van der Waals surface area contributed by atoms with Gasteiger partial charge in [-0.25, -0.2) is 19.9 Å². The molecular weight excluding hydrogens is 1330 g/mol. The Hall–Kier alpha value is -13.5. The van der Waals surface area contributed by atoms with Gasteiger partial charge in [0.15, 0.2) is 5.82 Å². The average molecular weight is 1390 g/mol. The van der Waals surface area contributed by atoms with Crippen molar-refractivity contribution in [3.05, 3.63) is 376 Å². The summed E-state index contributed by atoms with van der Waals surface area (Å²) in [6, 6.07) is 134. The van der Waals surface area contributed by atoms with Crippen molar-refractivity contribution in [3.63, 3.8) is 0 Å². The van der Waals surface area contributed by atoms with Gasteiger partial charge in [0, 0.05) is 90.2 Å². The number of benzene rings is 15. The number of fused-ring (bicyclic) bond motifs is 14. The lowest BCUT2D eigenvalue weighted by molar-refractivity contribution is 0.996. The van der Waals surface area contributed by atoms with Crippen LogP contribution in [0.15, 0.2) is 376 Å². The first kappa shape index (κ1) is 62.3. The van der Waals surface area contributed by atoms with Crippen LogP contribution in [-0.2, 0) is 0 Å². The second-order valence-electron chi connectivity index (χ2n) is 26.8. The molecule has 21 rings (SSSR count). The van der Waals surface area contributed by atoms with Crippen molar-refractivity contribution in [3.8, 4) is 113 Å². The first-order valence-electron chi connectivity index (χ1n) is 35.7. The Kier molecular flexibility index (Phi) is 15.5. The van der Waals surface area contributed by atoms with E-state index in [2.05, 4.69) is 349 Å². The van der Waals surface area contributed by atoms with Gasteiger partial charge in [-0.1, -0.05) is 303 Å². The number of rotatable bonds is 11. The van der Waals surface area contributed by atoms with Crippen LogP contribution in [0.1, 0.15) is 0 Å². The number of nitrogens with zero attached hydrogens (tertiary/aromatic N) is 6. The highest BCUT2D eigenvalue weighted by molar-refractivity contribution is 7.27. The molecule has 0 N–H and O–H groups in total. The van der Waals surface area contributed by atoms with Gasteiger partial charge in [-0.2, -0.15) is 0 Å². The van der Waals surface area contributed by atoms with Gasteiger partial charge in [0.05, 0.1) is 39.1 Å². The van der Waals surface area contributed by atoms with Gasteiger partial charge in [-0.3, -0.25) is 9.13 Å². The zero-order valence-electron chi connectivity index (χ0n) is 57.3. The van der Waals surface area contributed by atoms with Crippen molar-refractivity contribution in [1.29, 1.82) is 0 Å². The fraction of sp³-hybridized carbons (Fsp3) is 0.